The number of amides is 1. The number of hydrogen-bond donors (Lipinski definition) is 2. The molecule has 0 aliphatic heterocycles. The molecule has 1 rings (SSSR count). The van der Waals surface area contributed by atoms with E-state index in [2.05, 4.69) is 24.2 Å². The Morgan fingerprint density at radius 1 is 1.30 bits per heavy atom. The molecule has 0 aliphatic rings. The number of benzene rings is 1. The fraction of sp³-hybridized carbons (Fsp3) is 0.562. The van der Waals surface area contributed by atoms with E-state index in [9.17, 15) is 4.79 Å². The van der Waals surface area contributed by atoms with Crippen LogP contribution in [0.1, 0.15) is 25.3 Å². The van der Waals surface area contributed by atoms with E-state index < -0.39 is 6.04 Å². The monoisotopic (exact) mass is 277 g/mol. The summed E-state index contributed by atoms with van der Waals surface area (Å²) in [6, 6.07) is 9.39. The third kappa shape index (κ3) is 6.68. The summed E-state index contributed by atoms with van der Waals surface area (Å²) in [6.07, 6.45) is 2.97. The molecule has 4 heteroatoms. The zero-order chi connectivity index (χ0) is 14.8. The third-order valence-corrected chi connectivity index (χ3v) is 3.32. The largest absolute Gasteiger partial charge is 0.353 e. The van der Waals surface area contributed by atoms with Crippen LogP contribution in [-0.2, 0) is 11.2 Å². The number of nitrogens with two attached hydrogens (primary N) is 1. The summed E-state index contributed by atoms with van der Waals surface area (Å²) in [4.78, 5) is 14.1. The van der Waals surface area contributed by atoms with Gasteiger partial charge in [0, 0.05) is 13.1 Å². The molecule has 1 aromatic rings. The van der Waals surface area contributed by atoms with Crippen LogP contribution in [-0.4, -0.2) is 43.5 Å². The molecular weight excluding hydrogens is 250 g/mol. The maximum Gasteiger partial charge on any atom is 0.237 e. The number of unbranched alkanes of at least 4 members (excludes halogenated alkanes) is 1. The zero-order valence-electron chi connectivity index (χ0n) is 12.6. The van der Waals surface area contributed by atoms with Crippen molar-refractivity contribution in [2.75, 3.05) is 26.7 Å². The third-order valence-electron chi connectivity index (χ3n) is 3.32. The van der Waals surface area contributed by atoms with E-state index >= 15 is 0 Å². The van der Waals surface area contributed by atoms with Crippen LogP contribution in [0.2, 0.25) is 0 Å². The molecule has 0 aliphatic carbocycles. The quantitative estimate of drug-likeness (QED) is 0.717. The minimum absolute atomic E-state index is 0.0715. The van der Waals surface area contributed by atoms with E-state index in [1.807, 2.05) is 30.3 Å². The lowest BCUT2D eigenvalue weighted by molar-refractivity contribution is -0.122. The molecule has 3 N–H and O–H groups in total. The molecule has 0 heterocycles. The first kappa shape index (κ1) is 16.7. The van der Waals surface area contributed by atoms with Gasteiger partial charge in [0.25, 0.3) is 0 Å². The lowest BCUT2D eigenvalue weighted by Gasteiger charge is -2.17. The Bertz CT molecular complexity index is 381. The van der Waals surface area contributed by atoms with Crippen molar-refractivity contribution < 1.29 is 4.79 Å². The summed E-state index contributed by atoms with van der Waals surface area (Å²) >= 11 is 0. The van der Waals surface area contributed by atoms with Crippen LogP contribution in [0.15, 0.2) is 30.3 Å². The summed E-state index contributed by atoms with van der Waals surface area (Å²) in [5, 5.41) is 2.90. The summed E-state index contributed by atoms with van der Waals surface area (Å²) in [7, 11) is 2.08. The average Bonchev–Trinajstić information content (AvgIpc) is 2.46. The van der Waals surface area contributed by atoms with E-state index in [0.29, 0.717) is 13.0 Å². The Labute approximate surface area is 122 Å². The normalized spacial score (nSPS) is 12.4. The number of carbonyl (C=O) groups is 1. The van der Waals surface area contributed by atoms with Gasteiger partial charge in [-0.2, -0.15) is 0 Å². The molecule has 112 valence electrons. The van der Waals surface area contributed by atoms with Crippen molar-refractivity contribution in [2.45, 2.75) is 32.2 Å². The van der Waals surface area contributed by atoms with E-state index in [0.717, 1.165) is 18.7 Å². The van der Waals surface area contributed by atoms with Crippen molar-refractivity contribution in [1.29, 1.82) is 0 Å². The van der Waals surface area contributed by atoms with Crippen LogP contribution in [0.25, 0.3) is 0 Å². The fourth-order valence-electron chi connectivity index (χ4n) is 2.00. The molecular formula is C16H27N3O. The number of rotatable bonds is 9. The van der Waals surface area contributed by atoms with Crippen molar-refractivity contribution in [3.63, 3.8) is 0 Å². The second-order valence-electron chi connectivity index (χ2n) is 5.24. The molecule has 0 saturated carbocycles. The Kier molecular flexibility index (Phi) is 7.92. The molecule has 1 unspecified atom stereocenters. The van der Waals surface area contributed by atoms with E-state index in [-0.39, 0.29) is 5.91 Å². The van der Waals surface area contributed by atoms with Gasteiger partial charge >= 0.3 is 0 Å². The Balaban J connectivity index is 2.22. The zero-order valence-corrected chi connectivity index (χ0v) is 12.6. The Hall–Kier alpha value is -1.39. The van der Waals surface area contributed by atoms with Crippen molar-refractivity contribution in [1.82, 2.24) is 10.2 Å². The van der Waals surface area contributed by atoms with Crippen LogP contribution in [0.4, 0.5) is 0 Å². The molecule has 0 spiro atoms. The predicted molar refractivity (Wildman–Crippen MR) is 83.5 cm³/mol. The van der Waals surface area contributed by atoms with Gasteiger partial charge in [0.15, 0.2) is 0 Å². The van der Waals surface area contributed by atoms with Crippen LogP contribution in [0.5, 0.6) is 0 Å². The standard InChI is InChI=1S/C16H27N3O/c1-3-4-11-19(2)12-10-18-16(20)15(17)13-14-8-6-5-7-9-14/h5-9,15H,3-4,10-13,17H2,1-2H3,(H,18,20). The lowest BCUT2D eigenvalue weighted by atomic mass is 10.1. The summed E-state index contributed by atoms with van der Waals surface area (Å²) in [5.41, 5.74) is 7.01. The highest BCUT2D eigenvalue weighted by molar-refractivity contribution is 5.81. The number of nitrogens with one attached hydrogen (secondary N) is 1. The Morgan fingerprint density at radius 2 is 2.00 bits per heavy atom. The van der Waals surface area contributed by atoms with Gasteiger partial charge in [0.2, 0.25) is 5.91 Å². The minimum Gasteiger partial charge on any atom is -0.353 e. The second kappa shape index (κ2) is 9.50. The molecule has 1 aromatic carbocycles. The van der Waals surface area contributed by atoms with E-state index in [1.54, 1.807) is 0 Å². The van der Waals surface area contributed by atoms with Gasteiger partial charge in [-0.1, -0.05) is 43.7 Å². The van der Waals surface area contributed by atoms with Crippen LogP contribution < -0.4 is 11.1 Å². The molecule has 0 fully saturated rings. The van der Waals surface area contributed by atoms with Gasteiger partial charge in [-0.05, 0) is 32.0 Å². The first-order valence-electron chi connectivity index (χ1n) is 7.39. The van der Waals surface area contributed by atoms with Gasteiger partial charge in [-0.15, -0.1) is 0 Å². The van der Waals surface area contributed by atoms with Gasteiger partial charge in [0.1, 0.15) is 0 Å². The Morgan fingerprint density at radius 3 is 2.65 bits per heavy atom. The highest BCUT2D eigenvalue weighted by Gasteiger charge is 2.13. The first-order valence-corrected chi connectivity index (χ1v) is 7.39. The molecule has 0 aromatic heterocycles. The summed E-state index contributed by atoms with van der Waals surface area (Å²) < 4.78 is 0. The fourth-order valence-corrected chi connectivity index (χ4v) is 2.00. The second-order valence-corrected chi connectivity index (χ2v) is 5.24. The molecule has 1 amide bonds. The minimum atomic E-state index is -0.474. The molecule has 0 radical (unpaired) electrons. The summed E-state index contributed by atoms with van der Waals surface area (Å²) in [5.74, 6) is -0.0715. The summed E-state index contributed by atoms with van der Waals surface area (Å²) in [6.45, 7) is 4.77. The maximum atomic E-state index is 11.9. The SMILES string of the molecule is CCCCN(C)CCNC(=O)C(N)Cc1ccccc1. The van der Waals surface area contributed by atoms with Gasteiger partial charge in [-0.25, -0.2) is 0 Å². The maximum absolute atomic E-state index is 11.9. The molecule has 0 saturated heterocycles. The average molecular weight is 277 g/mol. The number of likely N-dealkylation sites (N-methyl/N-ethyl adjacent to an activating group) is 1. The van der Waals surface area contributed by atoms with Crippen LogP contribution >= 0.6 is 0 Å². The van der Waals surface area contributed by atoms with Crippen LogP contribution in [0, 0.1) is 0 Å². The molecule has 1 atom stereocenters. The van der Waals surface area contributed by atoms with Crippen molar-refractivity contribution in [3.8, 4) is 0 Å². The number of hydrogen-bond acceptors (Lipinski definition) is 3. The van der Waals surface area contributed by atoms with Gasteiger partial charge in [0.05, 0.1) is 6.04 Å². The topological polar surface area (TPSA) is 58.4 Å². The van der Waals surface area contributed by atoms with Crippen molar-refractivity contribution >= 4 is 5.91 Å². The highest BCUT2D eigenvalue weighted by Crippen LogP contribution is 2.01. The smallest absolute Gasteiger partial charge is 0.237 e. The number of carbonyl (C=O) groups excluding carboxylic acids is 1. The van der Waals surface area contributed by atoms with Crippen LogP contribution in [0.3, 0.4) is 0 Å². The van der Waals surface area contributed by atoms with Gasteiger partial charge in [-0.3, -0.25) is 4.79 Å². The molecule has 4 nitrogen and oxygen atoms in total. The highest BCUT2D eigenvalue weighted by atomic mass is 16.2. The molecule has 0 bridgehead atoms. The van der Waals surface area contributed by atoms with Crippen molar-refractivity contribution in [3.05, 3.63) is 35.9 Å². The van der Waals surface area contributed by atoms with E-state index in [1.165, 1.54) is 12.8 Å². The molecule has 20 heavy (non-hydrogen) atoms. The van der Waals surface area contributed by atoms with Gasteiger partial charge < -0.3 is 16.0 Å². The first-order chi connectivity index (χ1) is 9.63. The predicted octanol–water partition coefficient (Wildman–Crippen LogP) is 1.40. The van der Waals surface area contributed by atoms with E-state index in [4.69, 9.17) is 5.73 Å². The lowest BCUT2D eigenvalue weighted by Crippen LogP contribution is -2.44. The van der Waals surface area contributed by atoms with Crippen molar-refractivity contribution in [2.24, 2.45) is 5.73 Å². The number of nitrogens with zero attached hydrogens (tertiary/aromatic N) is 1.